The van der Waals surface area contributed by atoms with Crippen LogP contribution in [-0.4, -0.2) is 4.57 Å². The fraction of sp³-hybridized carbons (Fsp3) is 0.100. The maximum absolute atomic E-state index is 12.8. The Kier molecular flexibility index (Phi) is 3.11. The van der Waals surface area contributed by atoms with Crippen molar-refractivity contribution in [3.63, 3.8) is 0 Å². The van der Waals surface area contributed by atoms with Crippen LogP contribution in [0.25, 0.3) is 10.9 Å². The maximum atomic E-state index is 12.8. The van der Waals surface area contributed by atoms with Crippen molar-refractivity contribution in [1.82, 2.24) is 4.57 Å². The molecular weight excluding hydrogens is 212 g/mol. The summed E-state index contributed by atoms with van der Waals surface area (Å²) in [7, 11) is 0. The zero-order chi connectivity index (χ0) is 8.55. The molecule has 1 aromatic heterocycles. The zero-order valence-electron chi connectivity index (χ0n) is 6.96. The Morgan fingerprint density at radius 2 is 2.08 bits per heavy atom. The normalized spacial score (nSPS) is 10.0. The van der Waals surface area contributed by atoms with Gasteiger partial charge in [-0.25, -0.2) is 4.39 Å². The van der Waals surface area contributed by atoms with Gasteiger partial charge in [-0.1, -0.05) is 0 Å². The smallest absolute Gasteiger partial charge is 0.125 e. The number of halogens is 1. The number of rotatable bonds is 1. The van der Waals surface area contributed by atoms with E-state index in [0.29, 0.717) is 6.54 Å². The van der Waals surface area contributed by atoms with E-state index in [1.807, 2.05) is 16.8 Å². The van der Waals surface area contributed by atoms with E-state index in [9.17, 15) is 4.39 Å². The largest absolute Gasteiger partial charge is 0.378 e. The number of fused-ring (bicyclic) bond motifs is 1. The second-order valence-corrected chi connectivity index (χ2v) is 2.71. The van der Waals surface area contributed by atoms with Crippen LogP contribution in [0.2, 0.25) is 0 Å². The molecule has 0 amide bonds. The van der Waals surface area contributed by atoms with Crippen LogP contribution in [0.4, 0.5) is 4.39 Å². The molecule has 2 aromatic rings. The van der Waals surface area contributed by atoms with Crippen molar-refractivity contribution in [2.75, 3.05) is 0 Å². The Balaban J connectivity index is 0.000000845. The Bertz CT molecular complexity index is 408. The molecule has 0 spiro atoms. The maximum Gasteiger partial charge on any atom is 0.125 e. The summed E-state index contributed by atoms with van der Waals surface area (Å²) < 4.78 is 14.7. The van der Waals surface area contributed by atoms with Gasteiger partial charge in [0.05, 0.1) is 0 Å². The van der Waals surface area contributed by atoms with Gasteiger partial charge >= 0.3 is 0 Å². The predicted octanol–water partition coefficient (Wildman–Crippen LogP) is 2.61. The van der Waals surface area contributed by atoms with Crippen LogP contribution in [0.5, 0.6) is 0 Å². The average molecular weight is 221 g/mol. The summed E-state index contributed by atoms with van der Waals surface area (Å²) in [4.78, 5) is 0. The van der Waals surface area contributed by atoms with Gasteiger partial charge in [-0.05, 0) is 29.7 Å². The second kappa shape index (κ2) is 3.94. The molecule has 0 fully saturated rings. The van der Waals surface area contributed by atoms with Crippen molar-refractivity contribution in [1.29, 1.82) is 0 Å². The molecule has 0 aliphatic carbocycles. The topological polar surface area (TPSA) is 4.93 Å². The molecule has 1 nitrogen and oxygen atoms in total. The van der Waals surface area contributed by atoms with Crippen molar-refractivity contribution < 1.29 is 21.2 Å². The molecule has 0 saturated carbocycles. The summed E-state index contributed by atoms with van der Waals surface area (Å²) in [6.07, 6.45) is 1.91. The Morgan fingerprint density at radius 1 is 1.31 bits per heavy atom. The van der Waals surface area contributed by atoms with E-state index in [1.54, 1.807) is 6.07 Å². The molecule has 3 heteroatoms. The van der Waals surface area contributed by atoms with Crippen LogP contribution < -0.4 is 0 Å². The molecule has 1 radical (unpaired) electrons. The van der Waals surface area contributed by atoms with E-state index in [-0.39, 0.29) is 22.6 Å². The van der Waals surface area contributed by atoms with Crippen molar-refractivity contribution >= 4 is 10.9 Å². The summed E-state index contributed by atoms with van der Waals surface area (Å²) in [5.41, 5.74) is 0.907. The minimum absolute atomic E-state index is 0. The SMILES string of the molecule is [CH2-]Cn1ccc2ccc(F)cc21.[Co]. The molecule has 13 heavy (non-hydrogen) atoms. The van der Waals surface area contributed by atoms with Crippen molar-refractivity contribution in [2.45, 2.75) is 6.54 Å². The van der Waals surface area contributed by atoms with Gasteiger partial charge in [-0.15, -0.1) is 6.54 Å². The van der Waals surface area contributed by atoms with Gasteiger partial charge in [0.25, 0.3) is 0 Å². The monoisotopic (exact) mass is 221 g/mol. The van der Waals surface area contributed by atoms with Gasteiger partial charge in [-0.2, -0.15) is 0 Å². The number of nitrogens with zero attached hydrogens (tertiary/aromatic N) is 1. The molecule has 0 atom stereocenters. The molecular formula is C10H9CoFN-. The second-order valence-electron chi connectivity index (χ2n) is 2.71. The third kappa shape index (κ3) is 1.76. The standard InChI is InChI=1S/C10H9FN.Co/c1-2-12-6-5-8-3-4-9(11)7-10(8)12;/h3-7H,1-2H2;/q-1;. The summed E-state index contributed by atoms with van der Waals surface area (Å²) >= 11 is 0. The first-order valence-electron chi connectivity index (χ1n) is 3.85. The van der Waals surface area contributed by atoms with E-state index in [2.05, 4.69) is 6.92 Å². The first-order valence-corrected chi connectivity index (χ1v) is 3.85. The molecule has 1 aromatic carbocycles. The summed E-state index contributed by atoms with van der Waals surface area (Å²) in [6.45, 7) is 4.38. The summed E-state index contributed by atoms with van der Waals surface area (Å²) in [5.74, 6) is -0.198. The van der Waals surface area contributed by atoms with Crippen LogP contribution in [-0.2, 0) is 23.3 Å². The van der Waals surface area contributed by atoms with Gasteiger partial charge in [-0.3, -0.25) is 0 Å². The molecule has 0 aliphatic rings. The zero-order valence-corrected chi connectivity index (χ0v) is 8.00. The minimum Gasteiger partial charge on any atom is -0.378 e. The van der Waals surface area contributed by atoms with Crippen LogP contribution in [0.3, 0.4) is 0 Å². The summed E-state index contributed by atoms with van der Waals surface area (Å²) in [6, 6.07) is 6.73. The van der Waals surface area contributed by atoms with E-state index in [4.69, 9.17) is 0 Å². The van der Waals surface area contributed by atoms with Crippen molar-refractivity contribution in [2.24, 2.45) is 0 Å². The molecule has 0 aliphatic heterocycles. The van der Waals surface area contributed by atoms with Crippen molar-refractivity contribution in [3.8, 4) is 0 Å². The van der Waals surface area contributed by atoms with Gasteiger partial charge in [0, 0.05) is 28.5 Å². The fourth-order valence-corrected chi connectivity index (χ4v) is 1.35. The first-order chi connectivity index (χ1) is 5.81. The first kappa shape index (κ1) is 10.3. The number of aromatic nitrogens is 1. The van der Waals surface area contributed by atoms with E-state index >= 15 is 0 Å². The van der Waals surface area contributed by atoms with Crippen LogP contribution >= 0.6 is 0 Å². The quantitative estimate of drug-likeness (QED) is 0.652. The molecule has 2 rings (SSSR count). The third-order valence-corrected chi connectivity index (χ3v) is 1.98. The minimum atomic E-state index is -0.198. The third-order valence-electron chi connectivity index (χ3n) is 1.98. The predicted molar refractivity (Wildman–Crippen MR) is 47.3 cm³/mol. The fourth-order valence-electron chi connectivity index (χ4n) is 1.35. The molecule has 71 valence electrons. The Labute approximate surface area is 86.7 Å². The van der Waals surface area contributed by atoms with Gasteiger partial charge in [0.1, 0.15) is 5.82 Å². The van der Waals surface area contributed by atoms with Crippen molar-refractivity contribution in [3.05, 3.63) is 43.2 Å². The Morgan fingerprint density at radius 3 is 2.77 bits per heavy atom. The van der Waals surface area contributed by atoms with Gasteiger partial charge < -0.3 is 11.5 Å². The Hall–Kier alpha value is -0.804. The van der Waals surface area contributed by atoms with Gasteiger partial charge in [0.15, 0.2) is 0 Å². The van der Waals surface area contributed by atoms with Crippen LogP contribution in [0.15, 0.2) is 30.5 Å². The molecule has 0 unspecified atom stereocenters. The van der Waals surface area contributed by atoms with Gasteiger partial charge in [0.2, 0.25) is 0 Å². The van der Waals surface area contributed by atoms with E-state index < -0.39 is 0 Å². The number of benzene rings is 1. The molecule has 0 bridgehead atoms. The van der Waals surface area contributed by atoms with Crippen LogP contribution in [0, 0.1) is 12.7 Å². The molecule has 0 saturated heterocycles. The number of hydrogen-bond acceptors (Lipinski definition) is 0. The molecule has 1 heterocycles. The number of hydrogen-bond donors (Lipinski definition) is 0. The van der Waals surface area contributed by atoms with E-state index in [1.165, 1.54) is 12.1 Å². The average Bonchev–Trinajstić information content (AvgIpc) is 2.46. The molecule has 0 N–H and O–H groups in total. The summed E-state index contributed by atoms with van der Waals surface area (Å²) in [5, 5.41) is 1.06. The van der Waals surface area contributed by atoms with E-state index in [0.717, 1.165) is 10.9 Å². The van der Waals surface area contributed by atoms with Crippen LogP contribution in [0.1, 0.15) is 0 Å².